The van der Waals surface area contributed by atoms with Crippen LogP contribution in [0.3, 0.4) is 0 Å². The number of nitrogens with one attached hydrogen (secondary N) is 1. The van der Waals surface area contributed by atoms with Gasteiger partial charge in [-0.05, 0) is 59.4 Å². The van der Waals surface area contributed by atoms with E-state index in [9.17, 15) is 4.79 Å². The average Bonchev–Trinajstić information content (AvgIpc) is 2.70. The van der Waals surface area contributed by atoms with E-state index >= 15 is 0 Å². The second-order valence-corrected chi connectivity index (χ2v) is 8.98. The third-order valence-corrected chi connectivity index (χ3v) is 5.86. The summed E-state index contributed by atoms with van der Waals surface area (Å²) in [7, 11) is 0. The van der Waals surface area contributed by atoms with Crippen LogP contribution >= 0.6 is 11.6 Å². The number of halogens is 1. The Bertz CT molecular complexity index is 1070. The molecule has 1 amide bonds. The first-order valence-corrected chi connectivity index (χ1v) is 10.2. The van der Waals surface area contributed by atoms with Crippen molar-refractivity contribution in [2.45, 2.75) is 39.3 Å². The van der Waals surface area contributed by atoms with Crippen molar-refractivity contribution in [2.24, 2.45) is 0 Å². The fraction of sp³-hybridized carbons (Fsp3) is 0.240. The summed E-state index contributed by atoms with van der Waals surface area (Å²) in [4.78, 5) is 15.3. The van der Waals surface area contributed by atoms with Crippen LogP contribution in [0, 0.1) is 6.92 Å². The van der Waals surface area contributed by atoms with Crippen LogP contribution in [-0.2, 0) is 5.41 Å². The predicted molar refractivity (Wildman–Crippen MR) is 121 cm³/mol. The lowest BCUT2D eigenvalue weighted by molar-refractivity contribution is 0.0975. The number of para-hydroxylation sites is 1. The fourth-order valence-electron chi connectivity index (χ4n) is 3.70. The van der Waals surface area contributed by atoms with Crippen molar-refractivity contribution in [3.8, 4) is 0 Å². The largest absolute Gasteiger partial charge is 0.360 e. The van der Waals surface area contributed by atoms with Crippen molar-refractivity contribution in [3.63, 3.8) is 0 Å². The minimum atomic E-state index is -0.299. The molecule has 1 heterocycles. The first-order chi connectivity index (χ1) is 13.8. The van der Waals surface area contributed by atoms with Crippen molar-refractivity contribution < 1.29 is 4.79 Å². The lowest BCUT2D eigenvalue weighted by atomic mass is 9.86. The first kappa shape index (κ1) is 19.5. The van der Waals surface area contributed by atoms with E-state index in [0.717, 1.165) is 22.5 Å². The van der Waals surface area contributed by atoms with Gasteiger partial charge in [-0.25, -0.2) is 0 Å². The SMILES string of the molecule is Cc1cc(N2C(=O)c3ccccc3N[C@H]2c2ccc(C(C)(C)C)cc2)ccc1Cl. The lowest BCUT2D eigenvalue weighted by Crippen LogP contribution is -2.43. The van der Waals surface area contributed by atoms with E-state index in [0.29, 0.717) is 10.6 Å². The molecule has 4 heteroatoms. The smallest absolute Gasteiger partial charge is 0.262 e. The molecule has 0 radical (unpaired) electrons. The summed E-state index contributed by atoms with van der Waals surface area (Å²) < 4.78 is 0. The fourth-order valence-corrected chi connectivity index (χ4v) is 3.81. The Labute approximate surface area is 177 Å². The predicted octanol–water partition coefficient (Wildman–Crippen LogP) is 6.72. The maximum atomic E-state index is 13.5. The van der Waals surface area contributed by atoms with E-state index in [1.165, 1.54) is 5.56 Å². The van der Waals surface area contributed by atoms with Gasteiger partial charge in [0.2, 0.25) is 0 Å². The van der Waals surface area contributed by atoms with Crippen LogP contribution in [-0.4, -0.2) is 5.91 Å². The van der Waals surface area contributed by atoms with Crippen LogP contribution in [0.1, 0.15) is 54.0 Å². The molecule has 0 unspecified atom stereocenters. The van der Waals surface area contributed by atoms with Gasteiger partial charge >= 0.3 is 0 Å². The number of anilines is 2. The molecular formula is C25H25ClN2O. The minimum absolute atomic E-state index is 0.0222. The van der Waals surface area contributed by atoms with E-state index in [1.54, 1.807) is 0 Å². The average molecular weight is 405 g/mol. The van der Waals surface area contributed by atoms with Gasteiger partial charge in [-0.3, -0.25) is 9.69 Å². The molecule has 0 aliphatic carbocycles. The highest BCUT2D eigenvalue weighted by Crippen LogP contribution is 2.38. The van der Waals surface area contributed by atoms with Gasteiger partial charge in [0.15, 0.2) is 0 Å². The van der Waals surface area contributed by atoms with Crippen LogP contribution in [0.4, 0.5) is 11.4 Å². The molecule has 0 fully saturated rings. The molecule has 148 valence electrons. The maximum absolute atomic E-state index is 13.5. The molecule has 0 bridgehead atoms. The topological polar surface area (TPSA) is 32.3 Å². The van der Waals surface area contributed by atoms with Gasteiger partial charge in [0, 0.05) is 16.4 Å². The summed E-state index contributed by atoms with van der Waals surface area (Å²) in [6.45, 7) is 8.55. The molecule has 0 aromatic heterocycles. The number of benzene rings is 3. The molecule has 3 aromatic carbocycles. The minimum Gasteiger partial charge on any atom is -0.360 e. The van der Waals surface area contributed by atoms with E-state index in [-0.39, 0.29) is 17.5 Å². The Morgan fingerprint density at radius 2 is 1.66 bits per heavy atom. The summed E-state index contributed by atoms with van der Waals surface area (Å²) in [5, 5.41) is 4.25. The van der Waals surface area contributed by atoms with Gasteiger partial charge in [0.05, 0.1) is 5.56 Å². The number of fused-ring (bicyclic) bond motifs is 1. The second kappa shape index (κ2) is 7.23. The van der Waals surface area contributed by atoms with Crippen LogP contribution in [0.25, 0.3) is 0 Å². The van der Waals surface area contributed by atoms with Crippen molar-refractivity contribution in [2.75, 3.05) is 10.2 Å². The van der Waals surface area contributed by atoms with Gasteiger partial charge in [-0.1, -0.05) is 68.8 Å². The number of nitrogens with zero attached hydrogens (tertiary/aromatic N) is 1. The number of hydrogen-bond acceptors (Lipinski definition) is 2. The third-order valence-electron chi connectivity index (χ3n) is 5.44. The molecule has 0 saturated heterocycles. The maximum Gasteiger partial charge on any atom is 0.262 e. The Kier molecular flexibility index (Phi) is 4.87. The number of carbonyl (C=O) groups is 1. The molecule has 1 N–H and O–H groups in total. The number of hydrogen-bond donors (Lipinski definition) is 1. The molecule has 0 saturated carbocycles. The Morgan fingerprint density at radius 1 is 0.966 bits per heavy atom. The van der Waals surface area contributed by atoms with Crippen molar-refractivity contribution >= 4 is 28.9 Å². The monoisotopic (exact) mass is 404 g/mol. The molecule has 1 aliphatic heterocycles. The highest BCUT2D eigenvalue weighted by Gasteiger charge is 2.34. The quantitative estimate of drug-likeness (QED) is 0.514. The molecule has 4 rings (SSSR count). The zero-order valence-electron chi connectivity index (χ0n) is 17.2. The van der Waals surface area contributed by atoms with E-state index in [1.807, 2.05) is 54.3 Å². The van der Waals surface area contributed by atoms with E-state index in [2.05, 4.69) is 50.4 Å². The molecule has 0 spiro atoms. The molecule has 3 nitrogen and oxygen atoms in total. The first-order valence-electron chi connectivity index (χ1n) is 9.81. The van der Waals surface area contributed by atoms with Gasteiger partial charge < -0.3 is 5.32 Å². The van der Waals surface area contributed by atoms with Crippen molar-refractivity contribution in [1.29, 1.82) is 0 Å². The van der Waals surface area contributed by atoms with E-state index in [4.69, 9.17) is 11.6 Å². The molecular weight excluding hydrogens is 380 g/mol. The molecule has 1 atom stereocenters. The standard InChI is InChI=1S/C25H25ClN2O/c1-16-15-19(13-14-21(16)26)28-23(17-9-11-18(12-10-17)25(2,3)4)27-22-8-6-5-7-20(22)24(28)29/h5-15,23,27H,1-4H3/t23-/m1/s1. The summed E-state index contributed by atoms with van der Waals surface area (Å²) in [6.07, 6.45) is -0.299. The molecule has 1 aliphatic rings. The Hall–Kier alpha value is -2.78. The van der Waals surface area contributed by atoms with Gasteiger partial charge in [0.25, 0.3) is 5.91 Å². The van der Waals surface area contributed by atoms with Gasteiger partial charge in [-0.15, -0.1) is 0 Å². The Balaban J connectivity index is 1.82. The third kappa shape index (κ3) is 3.63. The van der Waals surface area contributed by atoms with Crippen LogP contribution in [0.2, 0.25) is 5.02 Å². The summed E-state index contributed by atoms with van der Waals surface area (Å²) in [5.41, 5.74) is 5.66. The highest BCUT2D eigenvalue weighted by molar-refractivity contribution is 6.31. The zero-order chi connectivity index (χ0) is 20.8. The highest BCUT2D eigenvalue weighted by atomic mass is 35.5. The summed E-state index contributed by atoms with van der Waals surface area (Å²) >= 11 is 6.23. The number of carbonyl (C=O) groups excluding carboxylic acids is 1. The van der Waals surface area contributed by atoms with E-state index < -0.39 is 0 Å². The van der Waals surface area contributed by atoms with Gasteiger partial charge in [-0.2, -0.15) is 0 Å². The van der Waals surface area contributed by atoms with Crippen LogP contribution in [0.15, 0.2) is 66.7 Å². The number of amides is 1. The summed E-state index contributed by atoms with van der Waals surface area (Å²) in [6, 6.07) is 21.9. The number of rotatable bonds is 2. The van der Waals surface area contributed by atoms with Crippen molar-refractivity contribution in [1.82, 2.24) is 0 Å². The van der Waals surface area contributed by atoms with Crippen LogP contribution < -0.4 is 10.2 Å². The molecule has 29 heavy (non-hydrogen) atoms. The second-order valence-electron chi connectivity index (χ2n) is 8.57. The number of aryl methyl sites for hydroxylation is 1. The van der Waals surface area contributed by atoms with Gasteiger partial charge in [0.1, 0.15) is 6.17 Å². The van der Waals surface area contributed by atoms with Crippen LogP contribution in [0.5, 0.6) is 0 Å². The van der Waals surface area contributed by atoms with Crippen molar-refractivity contribution in [3.05, 3.63) is 94.0 Å². The lowest BCUT2D eigenvalue weighted by Gasteiger charge is -2.38. The summed E-state index contributed by atoms with van der Waals surface area (Å²) in [5.74, 6) is -0.0222. The Morgan fingerprint density at radius 3 is 2.31 bits per heavy atom. The molecule has 3 aromatic rings. The normalized spacial score (nSPS) is 16.4. The zero-order valence-corrected chi connectivity index (χ0v) is 17.9.